The van der Waals surface area contributed by atoms with E-state index in [0.29, 0.717) is 11.3 Å². The highest BCUT2D eigenvalue weighted by molar-refractivity contribution is 7.86. The Morgan fingerprint density at radius 1 is 1.00 bits per heavy atom. The zero-order chi connectivity index (χ0) is 18.9. The van der Waals surface area contributed by atoms with E-state index in [-0.39, 0.29) is 10.7 Å². The summed E-state index contributed by atoms with van der Waals surface area (Å²) < 4.78 is 32.5. The van der Waals surface area contributed by atoms with Gasteiger partial charge in [-0.1, -0.05) is 41.9 Å². The number of urea groups is 1. The Labute approximate surface area is 155 Å². The molecule has 0 heterocycles. The number of nitrogens with one attached hydrogen (secondary N) is 2. The summed E-state index contributed by atoms with van der Waals surface area (Å²) in [7, 11) is -4.52. The summed E-state index contributed by atoms with van der Waals surface area (Å²) in [5.41, 5.74) is 0.883. The molecule has 0 aromatic heterocycles. The van der Waals surface area contributed by atoms with E-state index in [4.69, 9.17) is 11.6 Å². The second kappa shape index (κ2) is 6.95. The molecule has 0 unspecified atom stereocenters. The SMILES string of the molecule is Cc1cc(S(=O)(=O)O)c(NC(=O)Nc2ccc3ccccc3c2)cc1Cl. The second-order valence-corrected chi connectivity index (χ2v) is 7.51. The van der Waals surface area contributed by atoms with E-state index in [1.54, 1.807) is 19.1 Å². The number of amides is 2. The average Bonchev–Trinajstić information content (AvgIpc) is 2.56. The molecule has 0 saturated carbocycles. The third-order valence-corrected chi connectivity index (χ3v) is 5.10. The number of anilines is 2. The molecule has 3 aromatic carbocycles. The van der Waals surface area contributed by atoms with Crippen molar-refractivity contribution in [1.29, 1.82) is 0 Å². The van der Waals surface area contributed by atoms with Gasteiger partial charge < -0.3 is 10.6 Å². The fourth-order valence-corrected chi connectivity index (χ4v) is 3.40. The lowest BCUT2D eigenvalue weighted by molar-refractivity contribution is 0.262. The highest BCUT2D eigenvalue weighted by atomic mass is 35.5. The predicted octanol–water partition coefficient (Wildman–Crippen LogP) is 4.69. The molecule has 3 aromatic rings. The topological polar surface area (TPSA) is 95.5 Å². The molecule has 8 heteroatoms. The normalized spacial score (nSPS) is 11.3. The molecule has 0 saturated heterocycles. The van der Waals surface area contributed by atoms with Gasteiger partial charge in [-0.25, -0.2) is 4.79 Å². The number of rotatable bonds is 3. The van der Waals surface area contributed by atoms with E-state index in [0.717, 1.165) is 10.8 Å². The molecule has 26 heavy (non-hydrogen) atoms. The van der Waals surface area contributed by atoms with Crippen LogP contribution in [0.25, 0.3) is 10.8 Å². The number of benzene rings is 3. The van der Waals surface area contributed by atoms with Crippen LogP contribution in [0.3, 0.4) is 0 Å². The summed E-state index contributed by atoms with van der Waals surface area (Å²) in [6.45, 7) is 1.59. The van der Waals surface area contributed by atoms with Crippen molar-refractivity contribution >= 4 is 49.9 Å². The van der Waals surface area contributed by atoms with E-state index in [9.17, 15) is 17.8 Å². The van der Waals surface area contributed by atoms with E-state index in [1.165, 1.54) is 12.1 Å². The van der Waals surface area contributed by atoms with Gasteiger partial charge in [0.2, 0.25) is 0 Å². The smallest absolute Gasteiger partial charge is 0.308 e. The lowest BCUT2D eigenvalue weighted by atomic mass is 10.1. The van der Waals surface area contributed by atoms with Crippen molar-refractivity contribution in [2.24, 2.45) is 0 Å². The van der Waals surface area contributed by atoms with E-state index >= 15 is 0 Å². The first-order chi connectivity index (χ1) is 12.2. The number of carbonyl (C=O) groups excluding carboxylic acids is 1. The maximum Gasteiger partial charge on any atom is 0.323 e. The average molecular weight is 391 g/mol. The van der Waals surface area contributed by atoms with Gasteiger partial charge >= 0.3 is 6.03 Å². The van der Waals surface area contributed by atoms with E-state index < -0.39 is 21.0 Å². The first-order valence-corrected chi connectivity index (χ1v) is 9.40. The van der Waals surface area contributed by atoms with Crippen LogP contribution in [0.15, 0.2) is 59.5 Å². The molecule has 0 aliphatic heterocycles. The first kappa shape index (κ1) is 18.2. The molecule has 0 radical (unpaired) electrons. The van der Waals surface area contributed by atoms with Gasteiger partial charge in [0.05, 0.1) is 5.69 Å². The molecule has 134 valence electrons. The van der Waals surface area contributed by atoms with Gasteiger partial charge in [0.25, 0.3) is 10.1 Å². The van der Waals surface area contributed by atoms with E-state index in [1.807, 2.05) is 30.3 Å². The predicted molar refractivity (Wildman–Crippen MR) is 103 cm³/mol. The molecule has 0 fully saturated rings. The summed E-state index contributed by atoms with van der Waals surface area (Å²) in [6.07, 6.45) is 0. The highest BCUT2D eigenvalue weighted by Crippen LogP contribution is 2.28. The summed E-state index contributed by atoms with van der Waals surface area (Å²) in [5.74, 6) is 0. The van der Waals surface area contributed by atoms with Gasteiger partial charge in [0.15, 0.2) is 0 Å². The molecule has 0 spiro atoms. The monoisotopic (exact) mass is 390 g/mol. The van der Waals surface area contributed by atoms with Crippen molar-refractivity contribution in [2.75, 3.05) is 10.6 Å². The van der Waals surface area contributed by atoms with Crippen LogP contribution in [0.5, 0.6) is 0 Å². The Morgan fingerprint density at radius 2 is 1.69 bits per heavy atom. The summed E-state index contributed by atoms with van der Waals surface area (Å²) in [6, 6.07) is 14.9. The summed E-state index contributed by atoms with van der Waals surface area (Å²) >= 11 is 6.00. The first-order valence-electron chi connectivity index (χ1n) is 7.58. The molecular formula is C18H15ClN2O4S. The molecule has 3 rings (SSSR count). The minimum absolute atomic E-state index is 0.110. The highest BCUT2D eigenvalue weighted by Gasteiger charge is 2.19. The Hall–Kier alpha value is -2.61. The standard InChI is InChI=1S/C18H15ClN2O4S/c1-11-8-17(26(23,24)25)16(10-15(11)19)21-18(22)20-14-7-6-12-4-2-3-5-13(12)9-14/h2-10H,1H3,(H2,20,21,22)(H,23,24,25). The number of halogens is 1. The maximum absolute atomic E-state index is 12.3. The lowest BCUT2D eigenvalue weighted by Gasteiger charge is -2.12. The van der Waals surface area contributed by atoms with Crippen LogP contribution < -0.4 is 10.6 Å². The maximum atomic E-state index is 12.3. The largest absolute Gasteiger partial charge is 0.323 e. The van der Waals surface area contributed by atoms with Crippen LogP contribution in [0.1, 0.15) is 5.56 Å². The number of carbonyl (C=O) groups is 1. The van der Waals surface area contributed by atoms with Gasteiger partial charge in [-0.3, -0.25) is 4.55 Å². The number of aryl methyl sites for hydroxylation is 1. The van der Waals surface area contributed by atoms with E-state index in [2.05, 4.69) is 10.6 Å². The summed E-state index contributed by atoms with van der Waals surface area (Å²) in [5, 5.41) is 7.27. The number of hydrogen-bond acceptors (Lipinski definition) is 3. The van der Waals surface area contributed by atoms with Crippen molar-refractivity contribution in [3.8, 4) is 0 Å². The number of hydrogen-bond donors (Lipinski definition) is 3. The van der Waals surface area contributed by atoms with Crippen LogP contribution in [0.2, 0.25) is 5.02 Å². The molecule has 2 amide bonds. The number of fused-ring (bicyclic) bond motifs is 1. The third-order valence-electron chi connectivity index (χ3n) is 3.79. The van der Waals surface area contributed by atoms with Gasteiger partial charge in [-0.2, -0.15) is 8.42 Å². The fraction of sp³-hybridized carbons (Fsp3) is 0.0556. The molecule has 0 bridgehead atoms. The van der Waals surface area contributed by atoms with Crippen LogP contribution in [0.4, 0.5) is 16.2 Å². The van der Waals surface area contributed by atoms with Crippen LogP contribution in [-0.2, 0) is 10.1 Å². The minimum Gasteiger partial charge on any atom is -0.308 e. The van der Waals surface area contributed by atoms with Crippen LogP contribution >= 0.6 is 11.6 Å². The molecule has 3 N–H and O–H groups in total. The van der Waals surface area contributed by atoms with Gasteiger partial charge in [0, 0.05) is 10.7 Å². The van der Waals surface area contributed by atoms with Gasteiger partial charge in [-0.05, 0) is 47.5 Å². The molecule has 6 nitrogen and oxygen atoms in total. The van der Waals surface area contributed by atoms with Crippen molar-refractivity contribution in [1.82, 2.24) is 0 Å². The Kier molecular flexibility index (Phi) is 4.86. The Morgan fingerprint density at radius 3 is 2.38 bits per heavy atom. The minimum atomic E-state index is -4.52. The summed E-state index contributed by atoms with van der Waals surface area (Å²) in [4.78, 5) is 11.8. The van der Waals surface area contributed by atoms with Crippen molar-refractivity contribution in [3.05, 3.63) is 65.2 Å². The van der Waals surface area contributed by atoms with Crippen molar-refractivity contribution < 1.29 is 17.8 Å². The molecule has 0 atom stereocenters. The van der Waals surface area contributed by atoms with Crippen LogP contribution in [0, 0.1) is 6.92 Å². The van der Waals surface area contributed by atoms with Gasteiger partial charge in [0.1, 0.15) is 4.90 Å². The zero-order valence-corrected chi connectivity index (χ0v) is 15.2. The fourth-order valence-electron chi connectivity index (χ4n) is 2.52. The molecule has 0 aliphatic rings. The lowest BCUT2D eigenvalue weighted by Crippen LogP contribution is -2.21. The Balaban J connectivity index is 1.86. The quantitative estimate of drug-likeness (QED) is 0.565. The molecule has 0 aliphatic carbocycles. The molecular weight excluding hydrogens is 376 g/mol. The zero-order valence-electron chi connectivity index (χ0n) is 13.7. The van der Waals surface area contributed by atoms with Gasteiger partial charge in [-0.15, -0.1) is 0 Å². The second-order valence-electron chi connectivity index (χ2n) is 5.71. The Bertz CT molecular complexity index is 1110. The van der Waals surface area contributed by atoms with Crippen LogP contribution in [-0.4, -0.2) is 19.0 Å². The third kappa shape index (κ3) is 3.96. The van der Waals surface area contributed by atoms with Crippen molar-refractivity contribution in [2.45, 2.75) is 11.8 Å². The van der Waals surface area contributed by atoms with Crippen molar-refractivity contribution in [3.63, 3.8) is 0 Å².